The lowest BCUT2D eigenvalue weighted by Crippen LogP contribution is -2.27. The van der Waals surface area contributed by atoms with Crippen molar-refractivity contribution in [2.75, 3.05) is 0 Å². The van der Waals surface area contributed by atoms with E-state index in [0.29, 0.717) is 4.88 Å². The molecule has 0 saturated heterocycles. The molecule has 1 rings (SSSR count). The molecule has 0 radical (unpaired) electrons. The highest BCUT2D eigenvalue weighted by Gasteiger charge is 2.42. The molecule has 0 amide bonds. The van der Waals surface area contributed by atoms with Crippen molar-refractivity contribution in [3.8, 4) is 6.07 Å². The molecule has 0 aliphatic carbocycles. The molecule has 0 aliphatic heterocycles. The fourth-order valence-electron chi connectivity index (χ4n) is 1.69. The Morgan fingerprint density at radius 3 is 2.33 bits per heavy atom. The zero-order chi connectivity index (χ0) is 16.3. The van der Waals surface area contributed by atoms with E-state index in [-0.39, 0.29) is 11.8 Å². The Kier molecular flexibility index (Phi) is 5.01. The molecule has 1 heterocycles. The van der Waals surface area contributed by atoms with Crippen LogP contribution in [0.5, 0.6) is 0 Å². The van der Waals surface area contributed by atoms with E-state index < -0.39 is 24.6 Å². The molecule has 0 aromatic carbocycles. The van der Waals surface area contributed by atoms with Crippen LogP contribution in [-0.2, 0) is 11.8 Å². The Balaban J connectivity index is 2.92. The minimum Gasteiger partial charge on any atom is -0.294 e. The van der Waals surface area contributed by atoms with E-state index in [9.17, 15) is 13.2 Å². The van der Waals surface area contributed by atoms with Crippen molar-refractivity contribution in [1.82, 2.24) is 4.37 Å². The lowest BCUT2D eigenvalue weighted by atomic mass is 9.89. The smallest absolute Gasteiger partial charge is 0.294 e. The van der Waals surface area contributed by atoms with Gasteiger partial charge in [0.2, 0.25) is 0 Å². The van der Waals surface area contributed by atoms with Gasteiger partial charge in [0.15, 0.2) is 6.07 Å². The average Bonchev–Trinajstić information content (AvgIpc) is 2.82. The molecule has 3 nitrogen and oxygen atoms in total. The Morgan fingerprint density at radius 1 is 1.33 bits per heavy atom. The van der Waals surface area contributed by atoms with E-state index in [1.807, 2.05) is 20.8 Å². The van der Waals surface area contributed by atoms with E-state index in [4.69, 9.17) is 11.8 Å². The molecule has 1 unspecified atom stereocenters. The van der Waals surface area contributed by atoms with Gasteiger partial charge >= 0.3 is 11.7 Å². The van der Waals surface area contributed by atoms with Gasteiger partial charge in [0.1, 0.15) is 0 Å². The first-order chi connectivity index (χ1) is 9.51. The monoisotopic (exact) mass is 315 g/mol. The molecular formula is C14H16F3N3S. The van der Waals surface area contributed by atoms with Crippen LogP contribution in [0.25, 0.3) is 4.85 Å². The molecule has 0 fully saturated rings. The number of nitriles is 1. The maximum Gasteiger partial charge on any atom is 0.389 e. The van der Waals surface area contributed by atoms with Crippen molar-refractivity contribution in [2.24, 2.45) is 0 Å². The van der Waals surface area contributed by atoms with E-state index >= 15 is 0 Å². The molecular weight excluding hydrogens is 299 g/mol. The summed E-state index contributed by atoms with van der Waals surface area (Å²) in [6, 6.07) is 3.53. The van der Waals surface area contributed by atoms with Gasteiger partial charge in [-0.05, 0) is 17.6 Å². The van der Waals surface area contributed by atoms with E-state index in [1.165, 1.54) is 0 Å². The van der Waals surface area contributed by atoms with Crippen LogP contribution in [0.3, 0.4) is 0 Å². The lowest BCUT2D eigenvalue weighted by molar-refractivity contribution is -0.136. The average molecular weight is 315 g/mol. The molecule has 1 aromatic rings. The Labute approximate surface area is 126 Å². The van der Waals surface area contributed by atoms with E-state index in [1.54, 1.807) is 12.1 Å². The fourth-order valence-corrected chi connectivity index (χ4v) is 2.70. The lowest BCUT2D eigenvalue weighted by Gasteiger charge is -2.15. The highest BCUT2D eigenvalue weighted by Crippen LogP contribution is 2.32. The first-order valence-electron chi connectivity index (χ1n) is 6.34. The second kappa shape index (κ2) is 6.03. The molecule has 0 N–H and O–H groups in total. The minimum absolute atomic E-state index is 0.0170. The Bertz CT molecular complexity index is 556. The van der Waals surface area contributed by atoms with Crippen molar-refractivity contribution in [3.63, 3.8) is 0 Å². The fraction of sp³-hybridized carbons (Fsp3) is 0.643. The van der Waals surface area contributed by atoms with Gasteiger partial charge < -0.3 is 0 Å². The maximum atomic E-state index is 12.3. The Morgan fingerprint density at radius 2 is 1.95 bits per heavy atom. The predicted octanol–water partition coefficient (Wildman–Crippen LogP) is 4.51. The molecule has 21 heavy (non-hydrogen) atoms. The van der Waals surface area contributed by atoms with Crippen molar-refractivity contribution in [2.45, 2.75) is 57.2 Å². The summed E-state index contributed by atoms with van der Waals surface area (Å²) in [6.45, 7) is 13.0. The molecule has 0 bridgehead atoms. The van der Waals surface area contributed by atoms with Crippen molar-refractivity contribution in [3.05, 3.63) is 28.1 Å². The van der Waals surface area contributed by atoms with Crippen LogP contribution in [0, 0.1) is 17.9 Å². The second-order valence-corrected chi connectivity index (χ2v) is 6.87. The molecule has 0 aliphatic rings. The number of rotatable bonds is 4. The zero-order valence-electron chi connectivity index (χ0n) is 12.1. The van der Waals surface area contributed by atoms with Crippen molar-refractivity contribution in [1.29, 1.82) is 5.26 Å². The maximum absolute atomic E-state index is 12.3. The highest BCUT2D eigenvalue weighted by atomic mass is 32.1. The SMILES string of the molecule is [C-]#[N+]C(C#N)(CCC(F)(F)F)Cc1cc(C(C)(C)C)ns1. The summed E-state index contributed by atoms with van der Waals surface area (Å²) in [5, 5.41) is 9.15. The third-order valence-corrected chi connectivity index (χ3v) is 3.82. The summed E-state index contributed by atoms with van der Waals surface area (Å²) in [5.74, 6) is 0. The second-order valence-electron chi connectivity index (χ2n) is 5.98. The number of alkyl halides is 3. The third kappa shape index (κ3) is 5.02. The Hall–Kier alpha value is -1.60. The number of halogens is 3. The van der Waals surface area contributed by atoms with Crippen LogP contribution in [-0.4, -0.2) is 16.1 Å². The van der Waals surface area contributed by atoms with Crippen molar-refractivity contribution >= 4 is 11.5 Å². The largest absolute Gasteiger partial charge is 0.389 e. The van der Waals surface area contributed by atoms with Gasteiger partial charge in [0.25, 0.3) is 0 Å². The summed E-state index contributed by atoms with van der Waals surface area (Å²) in [4.78, 5) is 3.84. The van der Waals surface area contributed by atoms with Gasteiger partial charge in [-0.1, -0.05) is 20.8 Å². The van der Waals surface area contributed by atoms with Crippen molar-refractivity contribution < 1.29 is 13.2 Å². The number of nitrogens with zero attached hydrogens (tertiary/aromatic N) is 3. The third-order valence-electron chi connectivity index (χ3n) is 3.04. The van der Waals surface area contributed by atoms with Gasteiger partial charge in [0.05, 0.1) is 18.5 Å². The summed E-state index contributed by atoms with van der Waals surface area (Å²) < 4.78 is 41.3. The first kappa shape index (κ1) is 17.5. The van der Waals surface area contributed by atoms with Crippen LogP contribution in [0.4, 0.5) is 13.2 Å². The normalized spacial score (nSPS) is 15.0. The van der Waals surface area contributed by atoms with E-state index in [0.717, 1.165) is 17.2 Å². The van der Waals surface area contributed by atoms with Crippen LogP contribution in [0.1, 0.15) is 44.2 Å². The zero-order valence-corrected chi connectivity index (χ0v) is 12.9. The number of aromatic nitrogens is 1. The minimum atomic E-state index is -4.36. The topological polar surface area (TPSA) is 41.0 Å². The molecule has 1 aromatic heterocycles. The van der Waals surface area contributed by atoms with Crippen LogP contribution >= 0.6 is 11.5 Å². The van der Waals surface area contributed by atoms with Gasteiger partial charge in [-0.2, -0.15) is 22.8 Å². The summed E-state index contributed by atoms with van der Waals surface area (Å²) in [7, 11) is 0. The van der Waals surface area contributed by atoms with Crippen LogP contribution in [0.2, 0.25) is 0 Å². The summed E-state index contributed by atoms with van der Waals surface area (Å²) in [6.07, 6.45) is -6.03. The summed E-state index contributed by atoms with van der Waals surface area (Å²) in [5.41, 5.74) is -1.03. The van der Waals surface area contributed by atoms with Gasteiger partial charge in [0, 0.05) is 16.7 Å². The number of hydrogen-bond donors (Lipinski definition) is 0. The first-order valence-corrected chi connectivity index (χ1v) is 7.11. The van der Waals surface area contributed by atoms with E-state index in [2.05, 4.69) is 9.22 Å². The standard InChI is InChI=1S/C14H16F3N3S/c1-12(2,3)11-7-10(21-20-11)8-13(9-18,19-4)5-6-14(15,16)17/h7H,5-6,8H2,1-3H3. The van der Waals surface area contributed by atoms with Gasteiger partial charge in [-0.15, -0.1) is 0 Å². The van der Waals surface area contributed by atoms with Crippen LogP contribution in [0.15, 0.2) is 6.07 Å². The number of hydrogen-bond acceptors (Lipinski definition) is 3. The van der Waals surface area contributed by atoms with Gasteiger partial charge in [-0.25, -0.2) is 6.57 Å². The van der Waals surface area contributed by atoms with Gasteiger partial charge in [-0.3, -0.25) is 4.85 Å². The quantitative estimate of drug-likeness (QED) is 0.767. The molecule has 0 saturated carbocycles. The van der Waals surface area contributed by atoms with Crippen LogP contribution < -0.4 is 0 Å². The summed E-state index contributed by atoms with van der Waals surface area (Å²) >= 11 is 1.14. The molecule has 0 spiro atoms. The highest BCUT2D eigenvalue weighted by molar-refractivity contribution is 7.05. The molecule has 114 valence electrons. The predicted molar refractivity (Wildman–Crippen MR) is 74.8 cm³/mol. The molecule has 1 atom stereocenters. The molecule has 7 heteroatoms.